The molecule has 2 N–H and O–H groups in total. The Kier molecular flexibility index (Phi) is 3.79. The summed E-state index contributed by atoms with van der Waals surface area (Å²) in [5.41, 5.74) is 7.25. The van der Waals surface area contributed by atoms with Gasteiger partial charge in [0.05, 0.1) is 19.2 Å². The molecule has 1 aliphatic carbocycles. The van der Waals surface area contributed by atoms with E-state index in [1.165, 1.54) is 19.3 Å². The molecule has 2 rings (SSSR count). The third-order valence-corrected chi connectivity index (χ3v) is 3.78. The molecule has 3 nitrogen and oxygen atoms in total. The highest BCUT2D eigenvalue weighted by atomic mass is 35.5. The Morgan fingerprint density at radius 2 is 2.00 bits per heavy atom. The largest absolute Gasteiger partial charge is 0.493 e. The van der Waals surface area contributed by atoms with E-state index in [2.05, 4.69) is 0 Å². The van der Waals surface area contributed by atoms with Gasteiger partial charge in [0.2, 0.25) is 0 Å². The van der Waals surface area contributed by atoms with Gasteiger partial charge >= 0.3 is 0 Å². The highest BCUT2D eigenvalue weighted by Crippen LogP contribution is 2.41. The van der Waals surface area contributed by atoms with Gasteiger partial charge in [0.25, 0.3) is 0 Å². The lowest BCUT2D eigenvalue weighted by Crippen LogP contribution is -2.26. The molecule has 4 heteroatoms. The number of hydrogen-bond acceptors (Lipinski definition) is 3. The van der Waals surface area contributed by atoms with E-state index in [9.17, 15) is 0 Å². The van der Waals surface area contributed by atoms with Crippen LogP contribution < -0.4 is 15.2 Å². The molecule has 1 aromatic rings. The fourth-order valence-corrected chi connectivity index (χ4v) is 2.50. The molecule has 94 valence electrons. The number of ether oxygens (including phenoxy) is 2. The van der Waals surface area contributed by atoms with Crippen LogP contribution in [0.1, 0.15) is 30.9 Å². The monoisotopic (exact) mass is 255 g/mol. The molecular formula is C13H18ClNO2. The minimum Gasteiger partial charge on any atom is -0.493 e. The van der Waals surface area contributed by atoms with Crippen LogP contribution in [0, 0.1) is 5.92 Å². The molecular weight excluding hydrogens is 238 g/mol. The molecule has 1 aliphatic rings. The fraction of sp³-hybridized carbons (Fsp3) is 0.538. The van der Waals surface area contributed by atoms with Crippen molar-refractivity contribution < 1.29 is 9.47 Å². The van der Waals surface area contributed by atoms with Crippen LogP contribution in [0.5, 0.6) is 11.5 Å². The molecule has 0 radical (unpaired) electrons. The van der Waals surface area contributed by atoms with Crippen molar-refractivity contribution >= 4 is 11.6 Å². The van der Waals surface area contributed by atoms with Crippen LogP contribution in [0.4, 0.5) is 0 Å². The summed E-state index contributed by atoms with van der Waals surface area (Å²) in [6.45, 7) is 0. The first-order valence-electron chi connectivity index (χ1n) is 5.84. The van der Waals surface area contributed by atoms with Gasteiger partial charge in [0.15, 0.2) is 11.5 Å². The normalized spacial score (nSPS) is 17.4. The number of benzene rings is 1. The average Bonchev–Trinajstić information content (AvgIpc) is 2.25. The van der Waals surface area contributed by atoms with Crippen molar-refractivity contribution in [1.29, 1.82) is 0 Å². The Bertz CT molecular complexity index is 405. The molecule has 0 bridgehead atoms. The Morgan fingerprint density at radius 1 is 1.29 bits per heavy atom. The van der Waals surface area contributed by atoms with Gasteiger partial charge in [0, 0.05) is 6.04 Å². The average molecular weight is 256 g/mol. The van der Waals surface area contributed by atoms with Crippen LogP contribution in [0.25, 0.3) is 0 Å². The predicted molar refractivity (Wildman–Crippen MR) is 68.8 cm³/mol. The SMILES string of the molecule is COc1cc(C(N)C2CCC2)cc(Cl)c1OC. The van der Waals surface area contributed by atoms with Crippen LogP contribution in [-0.2, 0) is 0 Å². The molecule has 0 aliphatic heterocycles. The predicted octanol–water partition coefficient (Wildman–Crippen LogP) is 3.16. The molecule has 17 heavy (non-hydrogen) atoms. The number of hydrogen-bond donors (Lipinski definition) is 1. The molecule has 0 aromatic heterocycles. The van der Waals surface area contributed by atoms with E-state index in [1.807, 2.05) is 12.1 Å². The summed E-state index contributed by atoms with van der Waals surface area (Å²) < 4.78 is 10.5. The lowest BCUT2D eigenvalue weighted by Gasteiger charge is -2.31. The van der Waals surface area contributed by atoms with Gasteiger partial charge in [0.1, 0.15) is 0 Å². The zero-order valence-electron chi connectivity index (χ0n) is 10.2. The Hall–Kier alpha value is -0.930. The van der Waals surface area contributed by atoms with E-state index in [-0.39, 0.29) is 6.04 Å². The Morgan fingerprint density at radius 3 is 2.47 bits per heavy atom. The lowest BCUT2D eigenvalue weighted by molar-refractivity contribution is 0.263. The Labute approximate surface area is 107 Å². The van der Waals surface area contributed by atoms with Crippen LogP contribution >= 0.6 is 11.6 Å². The van der Waals surface area contributed by atoms with Crippen molar-refractivity contribution in [2.45, 2.75) is 25.3 Å². The van der Waals surface area contributed by atoms with Gasteiger partial charge in [-0.05, 0) is 36.5 Å². The summed E-state index contributed by atoms with van der Waals surface area (Å²) in [6, 6.07) is 3.85. The summed E-state index contributed by atoms with van der Waals surface area (Å²) in [7, 11) is 3.18. The first-order valence-corrected chi connectivity index (χ1v) is 6.22. The molecule has 0 saturated heterocycles. The van der Waals surface area contributed by atoms with Crippen LogP contribution in [0.3, 0.4) is 0 Å². The van der Waals surface area contributed by atoms with E-state index >= 15 is 0 Å². The van der Waals surface area contributed by atoms with Crippen molar-refractivity contribution in [1.82, 2.24) is 0 Å². The molecule has 0 amide bonds. The quantitative estimate of drug-likeness (QED) is 0.899. The fourth-order valence-electron chi connectivity index (χ4n) is 2.20. The summed E-state index contributed by atoms with van der Waals surface area (Å²) in [5, 5.41) is 0.552. The number of methoxy groups -OCH3 is 2. The summed E-state index contributed by atoms with van der Waals surface area (Å²) in [4.78, 5) is 0. The minimum atomic E-state index is 0.0426. The van der Waals surface area contributed by atoms with E-state index < -0.39 is 0 Å². The van der Waals surface area contributed by atoms with Crippen molar-refractivity contribution in [2.75, 3.05) is 14.2 Å². The van der Waals surface area contributed by atoms with E-state index in [0.29, 0.717) is 22.4 Å². The topological polar surface area (TPSA) is 44.5 Å². The molecule has 1 saturated carbocycles. The maximum absolute atomic E-state index is 6.23. The van der Waals surface area contributed by atoms with Gasteiger partial charge in [-0.25, -0.2) is 0 Å². The van der Waals surface area contributed by atoms with Crippen LogP contribution in [0.15, 0.2) is 12.1 Å². The second-order valence-corrected chi connectivity index (χ2v) is 4.86. The second-order valence-electron chi connectivity index (χ2n) is 4.46. The summed E-state index contributed by atoms with van der Waals surface area (Å²) in [5.74, 6) is 1.78. The third-order valence-electron chi connectivity index (χ3n) is 3.50. The second kappa shape index (κ2) is 5.15. The van der Waals surface area contributed by atoms with Crippen LogP contribution in [-0.4, -0.2) is 14.2 Å². The van der Waals surface area contributed by atoms with Crippen LogP contribution in [0.2, 0.25) is 5.02 Å². The van der Waals surface area contributed by atoms with E-state index in [1.54, 1.807) is 14.2 Å². The molecule has 0 spiro atoms. The number of rotatable bonds is 4. The van der Waals surface area contributed by atoms with Gasteiger partial charge in [-0.2, -0.15) is 0 Å². The maximum atomic E-state index is 6.23. The van der Waals surface area contributed by atoms with E-state index in [4.69, 9.17) is 26.8 Å². The summed E-state index contributed by atoms with van der Waals surface area (Å²) in [6.07, 6.45) is 3.68. The van der Waals surface area contributed by atoms with Crippen molar-refractivity contribution in [3.05, 3.63) is 22.7 Å². The first-order chi connectivity index (χ1) is 8.17. The summed E-state index contributed by atoms with van der Waals surface area (Å²) >= 11 is 6.16. The van der Waals surface area contributed by atoms with Gasteiger partial charge in [-0.3, -0.25) is 0 Å². The Balaban J connectivity index is 2.31. The molecule has 1 fully saturated rings. The molecule has 1 aromatic carbocycles. The zero-order chi connectivity index (χ0) is 12.4. The van der Waals surface area contributed by atoms with Crippen molar-refractivity contribution in [3.8, 4) is 11.5 Å². The van der Waals surface area contributed by atoms with Crippen molar-refractivity contribution in [2.24, 2.45) is 11.7 Å². The maximum Gasteiger partial charge on any atom is 0.179 e. The number of halogens is 1. The molecule has 1 atom stereocenters. The third kappa shape index (κ3) is 2.35. The smallest absolute Gasteiger partial charge is 0.179 e. The van der Waals surface area contributed by atoms with Gasteiger partial charge in [-0.1, -0.05) is 18.0 Å². The zero-order valence-corrected chi connectivity index (χ0v) is 11.0. The first kappa shape index (κ1) is 12.5. The standard InChI is InChI=1S/C13H18ClNO2/c1-16-11-7-9(6-10(14)13(11)17-2)12(15)8-4-3-5-8/h6-8,12H,3-5,15H2,1-2H3. The molecule has 1 unspecified atom stereocenters. The lowest BCUT2D eigenvalue weighted by atomic mass is 9.77. The highest BCUT2D eigenvalue weighted by molar-refractivity contribution is 6.32. The molecule has 0 heterocycles. The number of nitrogens with two attached hydrogens (primary N) is 1. The van der Waals surface area contributed by atoms with E-state index in [0.717, 1.165) is 5.56 Å². The highest BCUT2D eigenvalue weighted by Gasteiger charge is 2.26. The van der Waals surface area contributed by atoms with Gasteiger partial charge in [-0.15, -0.1) is 0 Å². The minimum absolute atomic E-state index is 0.0426. The van der Waals surface area contributed by atoms with Gasteiger partial charge < -0.3 is 15.2 Å². The van der Waals surface area contributed by atoms with Crippen molar-refractivity contribution in [3.63, 3.8) is 0 Å².